The second kappa shape index (κ2) is 8.43. The second-order valence-electron chi connectivity index (χ2n) is 7.26. The van der Waals surface area contributed by atoms with Gasteiger partial charge in [-0.1, -0.05) is 30.3 Å². The number of H-pyrrole nitrogens is 1. The van der Waals surface area contributed by atoms with E-state index in [0.29, 0.717) is 28.7 Å². The molecule has 0 saturated heterocycles. The first-order valence-electron chi connectivity index (χ1n) is 9.84. The van der Waals surface area contributed by atoms with Crippen molar-refractivity contribution in [3.8, 4) is 0 Å². The summed E-state index contributed by atoms with van der Waals surface area (Å²) in [6.45, 7) is 2.48. The molecule has 7 nitrogen and oxygen atoms in total. The normalized spacial score (nSPS) is 11.0. The first-order chi connectivity index (χ1) is 14.9. The summed E-state index contributed by atoms with van der Waals surface area (Å²) in [4.78, 5) is 37.7. The van der Waals surface area contributed by atoms with Gasteiger partial charge in [0.05, 0.1) is 17.4 Å². The smallest absolute Gasteiger partial charge is 0.276 e. The van der Waals surface area contributed by atoms with Crippen molar-refractivity contribution in [2.45, 2.75) is 20.0 Å². The lowest BCUT2D eigenvalue weighted by Gasteiger charge is -2.11. The second-order valence-corrected chi connectivity index (χ2v) is 7.26. The fourth-order valence-corrected chi connectivity index (χ4v) is 3.60. The van der Waals surface area contributed by atoms with Gasteiger partial charge >= 0.3 is 0 Å². The van der Waals surface area contributed by atoms with Gasteiger partial charge in [-0.2, -0.15) is 0 Å². The van der Waals surface area contributed by atoms with Crippen LogP contribution in [0.1, 0.15) is 21.6 Å². The molecular weight excluding hydrogens is 399 g/mol. The van der Waals surface area contributed by atoms with Crippen molar-refractivity contribution in [2.75, 3.05) is 6.54 Å². The van der Waals surface area contributed by atoms with E-state index in [-0.39, 0.29) is 30.1 Å². The van der Waals surface area contributed by atoms with Crippen LogP contribution in [0.15, 0.2) is 70.3 Å². The van der Waals surface area contributed by atoms with E-state index in [1.807, 2.05) is 30.3 Å². The van der Waals surface area contributed by atoms with Crippen LogP contribution in [0.3, 0.4) is 0 Å². The molecule has 4 rings (SSSR count). The summed E-state index contributed by atoms with van der Waals surface area (Å²) in [5, 5.41) is 6.17. The largest absolute Gasteiger partial charge is 0.350 e. The molecule has 0 saturated carbocycles. The van der Waals surface area contributed by atoms with Crippen molar-refractivity contribution in [1.29, 1.82) is 0 Å². The molecule has 0 fully saturated rings. The Morgan fingerprint density at radius 1 is 1.06 bits per heavy atom. The number of rotatable bonds is 6. The number of amides is 1. The molecule has 0 radical (unpaired) electrons. The van der Waals surface area contributed by atoms with Crippen molar-refractivity contribution in [2.24, 2.45) is 0 Å². The maximum absolute atomic E-state index is 13.0. The van der Waals surface area contributed by atoms with Crippen LogP contribution in [0.25, 0.3) is 10.9 Å². The number of fused-ring (bicyclic) bond motifs is 1. The number of hydrogen-bond donors (Lipinski definition) is 2. The number of nitrogens with one attached hydrogen (secondary N) is 2. The summed E-state index contributed by atoms with van der Waals surface area (Å²) in [7, 11) is 0. The maximum atomic E-state index is 13.0. The Kier molecular flexibility index (Phi) is 5.53. The van der Waals surface area contributed by atoms with Crippen LogP contribution in [0, 0.1) is 12.7 Å². The molecule has 8 heteroatoms. The number of hydrogen-bond acceptors (Lipinski definition) is 3. The highest BCUT2D eigenvalue weighted by molar-refractivity contribution is 5.94. The molecular formula is C23H21FN4O3. The molecule has 4 aromatic rings. The van der Waals surface area contributed by atoms with Crippen LogP contribution in [-0.2, 0) is 13.1 Å². The molecule has 0 aliphatic heterocycles. The molecule has 2 aromatic heterocycles. The first-order valence-corrected chi connectivity index (χ1v) is 9.84. The minimum absolute atomic E-state index is 0.186. The van der Waals surface area contributed by atoms with E-state index in [1.165, 1.54) is 39.6 Å². The van der Waals surface area contributed by atoms with E-state index < -0.39 is 5.82 Å². The summed E-state index contributed by atoms with van der Waals surface area (Å²) in [6, 6.07) is 16.2. The van der Waals surface area contributed by atoms with E-state index in [0.717, 1.165) is 5.56 Å². The van der Waals surface area contributed by atoms with Crippen LogP contribution in [-0.4, -0.2) is 26.8 Å². The first kappa shape index (κ1) is 20.3. The molecule has 0 aliphatic carbocycles. The van der Waals surface area contributed by atoms with E-state index in [4.69, 9.17) is 0 Å². The van der Waals surface area contributed by atoms with Crippen molar-refractivity contribution in [3.05, 3.63) is 104 Å². The summed E-state index contributed by atoms with van der Waals surface area (Å²) in [5.41, 5.74) is 1.83. The van der Waals surface area contributed by atoms with Crippen LogP contribution >= 0.6 is 0 Å². The topological polar surface area (TPSA) is 88.9 Å². The number of aryl methyl sites for hydroxylation is 1. The molecule has 158 valence electrons. The Hall–Kier alpha value is -3.94. The third-order valence-electron chi connectivity index (χ3n) is 5.20. The molecule has 0 bridgehead atoms. The van der Waals surface area contributed by atoms with Crippen LogP contribution in [0.5, 0.6) is 0 Å². The number of benzene rings is 2. The molecule has 2 N–H and O–H groups in total. The number of halogens is 1. The van der Waals surface area contributed by atoms with Crippen molar-refractivity contribution in [3.63, 3.8) is 0 Å². The lowest BCUT2D eigenvalue weighted by atomic mass is 10.2. The van der Waals surface area contributed by atoms with Gasteiger partial charge in [0, 0.05) is 30.4 Å². The van der Waals surface area contributed by atoms with E-state index >= 15 is 0 Å². The maximum Gasteiger partial charge on any atom is 0.276 e. The van der Waals surface area contributed by atoms with Gasteiger partial charge in [-0.25, -0.2) is 9.07 Å². The molecule has 0 aliphatic rings. The summed E-state index contributed by atoms with van der Waals surface area (Å²) in [5.74, 6) is -0.782. The highest BCUT2D eigenvalue weighted by Crippen LogP contribution is 2.11. The minimum atomic E-state index is -0.420. The fraction of sp³-hybridized carbons (Fsp3) is 0.174. The van der Waals surface area contributed by atoms with Crippen molar-refractivity contribution in [1.82, 2.24) is 19.7 Å². The van der Waals surface area contributed by atoms with Gasteiger partial charge < -0.3 is 9.88 Å². The Morgan fingerprint density at radius 2 is 1.77 bits per heavy atom. The fourth-order valence-electron chi connectivity index (χ4n) is 3.60. The van der Waals surface area contributed by atoms with Crippen molar-refractivity contribution < 1.29 is 9.18 Å². The number of aromatic nitrogens is 3. The monoisotopic (exact) mass is 420 g/mol. The van der Waals surface area contributed by atoms with Crippen LogP contribution in [0.4, 0.5) is 4.39 Å². The number of pyridine rings is 1. The van der Waals surface area contributed by atoms with E-state index in [9.17, 15) is 18.8 Å². The molecule has 0 unspecified atom stereocenters. The van der Waals surface area contributed by atoms with Crippen LogP contribution in [0.2, 0.25) is 0 Å². The standard InChI is InChI=1S/C23H21FN4O3/c1-15-21-19(26-28(23(21)31)14-16-5-3-2-4-6-16)13-20(29)27(15)12-11-25-22(30)17-7-9-18(24)10-8-17/h2-10,13,26H,11-12,14H2,1H3,(H,25,30). The highest BCUT2D eigenvalue weighted by atomic mass is 19.1. The Labute approximate surface area is 176 Å². The molecule has 0 spiro atoms. The highest BCUT2D eigenvalue weighted by Gasteiger charge is 2.15. The summed E-state index contributed by atoms with van der Waals surface area (Å²) >= 11 is 0. The Bertz CT molecular complexity index is 1350. The number of nitrogens with zero attached hydrogens (tertiary/aromatic N) is 2. The SMILES string of the molecule is Cc1c2c(=O)n(Cc3ccccc3)[nH]c2cc(=O)n1CCNC(=O)c1ccc(F)cc1. The Balaban J connectivity index is 1.55. The van der Waals surface area contributed by atoms with E-state index in [1.54, 1.807) is 6.92 Å². The van der Waals surface area contributed by atoms with Gasteiger partial charge in [-0.3, -0.25) is 19.5 Å². The zero-order valence-electron chi connectivity index (χ0n) is 16.9. The van der Waals surface area contributed by atoms with Gasteiger partial charge in [-0.15, -0.1) is 0 Å². The van der Waals surface area contributed by atoms with E-state index in [2.05, 4.69) is 10.4 Å². The quantitative estimate of drug-likeness (QED) is 0.502. The van der Waals surface area contributed by atoms with Crippen molar-refractivity contribution >= 4 is 16.8 Å². The number of aromatic amines is 1. The predicted octanol–water partition coefficient (Wildman–Crippen LogP) is 2.42. The third kappa shape index (κ3) is 4.18. The van der Waals surface area contributed by atoms with Gasteiger partial charge in [-0.05, 0) is 36.8 Å². The van der Waals surface area contributed by atoms with Gasteiger partial charge in [0.15, 0.2) is 0 Å². The zero-order chi connectivity index (χ0) is 22.0. The molecule has 1 amide bonds. The third-order valence-corrected chi connectivity index (χ3v) is 5.20. The lowest BCUT2D eigenvalue weighted by Crippen LogP contribution is -2.32. The molecule has 2 aromatic carbocycles. The van der Waals surface area contributed by atoms with Gasteiger partial charge in [0.1, 0.15) is 5.82 Å². The summed E-state index contributed by atoms with van der Waals surface area (Å²) in [6.07, 6.45) is 0. The molecule has 2 heterocycles. The number of carbonyl (C=O) groups excluding carboxylic acids is 1. The average molecular weight is 420 g/mol. The predicted molar refractivity (Wildman–Crippen MR) is 116 cm³/mol. The lowest BCUT2D eigenvalue weighted by molar-refractivity contribution is 0.0952. The van der Waals surface area contributed by atoms with Crippen LogP contribution < -0.4 is 16.4 Å². The average Bonchev–Trinajstić information content (AvgIpc) is 3.06. The zero-order valence-corrected chi connectivity index (χ0v) is 16.9. The number of carbonyl (C=O) groups is 1. The van der Waals surface area contributed by atoms with Gasteiger partial charge in [0.25, 0.3) is 17.0 Å². The Morgan fingerprint density at radius 3 is 2.48 bits per heavy atom. The summed E-state index contributed by atoms with van der Waals surface area (Å²) < 4.78 is 15.9. The minimum Gasteiger partial charge on any atom is -0.350 e. The molecule has 31 heavy (non-hydrogen) atoms. The molecule has 0 atom stereocenters. The van der Waals surface area contributed by atoms with Gasteiger partial charge in [0.2, 0.25) is 0 Å².